The molecule has 3 saturated carbocycles. The molecule has 0 radical (unpaired) electrons. The normalized spacial score (nSPS) is 24.2. The summed E-state index contributed by atoms with van der Waals surface area (Å²) in [5.74, 6) is 3.17. The predicted molar refractivity (Wildman–Crippen MR) is 156 cm³/mol. The summed E-state index contributed by atoms with van der Waals surface area (Å²) in [6.07, 6.45) is 29.9. The number of allylic oxidation sites excluding steroid dienone is 6. The Morgan fingerprint density at radius 1 is 0.647 bits per heavy atom. The first kappa shape index (κ1) is 31.3. The van der Waals surface area contributed by atoms with Crippen LogP contribution in [0.4, 0.5) is 0 Å². The van der Waals surface area contributed by atoms with Crippen LogP contribution < -0.4 is 0 Å². The van der Waals surface area contributed by atoms with Crippen LogP contribution in [0, 0.1) is 23.2 Å². The molecule has 0 atom stereocenters. The van der Waals surface area contributed by atoms with Gasteiger partial charge in [-0.3, -0.25) is 0 Å². The monoisotopic (exact) mass is 470 g/mol. The first-order chi connectivity index (χ1) is 16.1. The summed E-state index contributed by atoms with van der Waals surface area (Å²) in [5.41, 5.74) is 4.97. The van der Waals surface area contributed by atoms with Crippen LogP contribution in [0.15, 0.2) is 34.9 Å². The lowest BCUT2D eigenvalue weighted by atomic mass is 9.77. The van der Waals surface area contributed by atoms with E-state index in [1.54, 1.807) is 5.57 Å². The fourth-order valence-corrected chi connectivity index (χ4v) is 4.94. The molecule has 198 valence electrons. The Bertz CT molecular complexity index is 598. The van der Waals surface area contributed by atoms with Crippen molar-refractivity contribution in [3.8, 4) is 0 Å². The van der Waals surface area contributed by atoms with Crippen LogP contribution in [0.1, 0.15) is 158 Å². The molecule has 0 bridgehead atoms. The van der Waals surface area contributed by atoms with Crippen molar-refractivity contribution < 1.29 is 0 Å². The molecule has 5 rings (SSSR count). The highest BCUT2D eigenvalue weighted by Crippen LogP contribution is 2.35. The molecule has 0 aromatic heterocycles. The third-order valence-electron chi connectivity index (χ3n) is 8.52. The molecule has 0 heteroatoms. The van der Waals surface area contributed by atoms with Crippen LogP contribution >= 0.6 is 0 Å². The predicted octanol–water partition coefficient (Wildman–Crippen LogP) is 12.0. The maximum Gasteiger partial charge on any atom is -0.0107 e. The van der Waals surface area contributed by atoms with Gasteiger partial charge in [0.05, 0.1) is 0 Å². The summed E-state index contributed by atoms with van der Waals surface area (Å²) >= 11 is 0. The minimum Gasteiger partial charge on any atom is -0.0856 e. The maximum absolute atomic E-state index is 2.36. The lowest BCUT2D eigenvalue weighted by molar-refractivity contribution is 0.385. The summed E-state index contributed by atoms with van der Waals surface area (Å²) in [6, 6.07) is 0. The Labute approximate surface area is 216 Å². The van der Waals surface area contributed by atoms with Crippen LogP contribution in [0.2, 0.25) is 0 Å². The van der Waals surface area contributed by atoms with E-state index in [9.17, 15) is 0 Å². The molecule has 3 fully saturated rings. The average Bonchev–Trinajstić information content (AvgIpc) is 3.44. The van der Waals surface area contributed by atoms with Crippen LogP contribution in [-0.4, -0.2) is 0 Å². The third-order valence-corrected chi connectivity index (χ3v) is 8.52. The van der Waals surface area contributed by atoms with Gasteiger partial charge in [0.1, 0.15) is 0 Å². The van der Waals surface area contributed by atoms with Crippen molar-refractivity contribution in [2.24, 2.45) is 23.2 Å². The Morgan fingerprint density at radius 3 is 1.38 bits per heavy atom. The van der Waals surface area contributed by atoms with Gasteiger partial charge in [-0.1, -0.05) is 140 Å². The minimum absolute atomic E-state index is 0.402. The Balaban J connectivity index is 0.000000218. The quantitative estimate of drug-likeness (QED) is 0.309. The molecule has 0 aliphatic heterocycles. The molecule has 0 spiro atoms. The van der Waals surface area contributed by atoms with E-state index >= 15 is 0 Å². The van der Waals surface area contributed by atoms with E-state index in [4.69, 9.17) is 0 Å². The first-order valence-corrected chi connectivity index (χ1v) is 15.1. The standard InChI is InChI=1S/C10H16.C7H14.C7H12.C6H12.C4H8/c1-8-6-5-7-10(3,4)9(8)2;2*1-7-5-3-2-4-6-7;1-6-4-2-3-5-6;1-4-2-3-4/h5-6H,7H2,1-4H3;7H,2-6H2,1H3;5H,2-4,6H2,1H3;6H,2-5H2,1H3;4H,2-3H2,1H3. The zero-order chi connectivity index (χ0) is 25.4. The fourth-order valence-electron chi connectivity index (χ4n) is 4.94. The Morgan fingerprint density at radius 2 is 1.15 bits per heavy atom. The van der Waals surface area contributed by atoms with Gasteiger partial charge in [0.15, 0.2) is 0 Å². The van der Waals surface area contributed by atoms with Crippen molar-refractivity contribution in [1.82, 2.24) is 0 Å². The van der Waals surface area contributed by atoms with Gasteiger partial charge in [0.2, 0.25) is 0 Å². The molecule has 0 amide bonds. The molecule has 0 nitrogen and oxygen atoms in total. The summed E-state index contributed by atoms with van der Waals surface area (Å²) < 4.78 is 0. The van der Waals surface area contributed by atoms with Gasteiger partial charge in [-0.2, -0.15) is 0 Å². The number of rotatable bonds is 0. The third kappa shape index (κ3) is 16.0. The molecule has 5 aliphatic carbocycles. The smallest absolute Gasteiger partial charge is 0.0107 e. The van der Waals surface area contributed by atoms with Gasteiger partial charge >= 0.3 is 0 Å². The molecule has 5 aliphatic rings. The highest BCUT2D eigenvalue weighted by atomic mass is 14.3. The summed E-state index contributed by atoms with van der Waals surface area (Å²) in [4.78, 5) is 0. The van der Waals surface area contributed by atoms with Gasteiger partial charge in [0.25, 0.3) is 0 Å². The lowest BCUT2D eigenvalue weighted by Crippen LogP contribution is -2.15. The second-order valence-corrected chi connectivity index (χ2v) is 12.9. The van der Waals surface area contributed by atoms with Crippen LogP contribution in [0.25, 0.3) is 0 Å². The molecule has 0 saturated heterocycles. The van der Waals surface area contributed by atoms with Crippen LogP contribution in [0.5, 0.6) is 0 Å². The lowest BCUT2D eigenvalue weighted by Gasteiger charge is -2.28. The van der Waals surface area contributed by atoms with Crippen LogP contribution in [0.3, 0.4) is 0 Å². The largest absolute Gasteiger partial charge is 0.0856 e. The van der Waals surface area contributed by atoms with E-state index in [1.165, 1.54) is 114 Å². The van der Waals surface area contributed by atoms with E-state index in [0.29, 0.717) is 5.41 Å². The SMILES string of the molecule is CC1=C(C)C(C)(C)CC=C1.CC1=CCCCC1.CC1CC1.CC1CCCC1.CC1CCCCC1. The summed E-state index contributed by atoms with van der Waals surface area (Å²) in [6.45, 7) is 18.2. The van der Waals surface area contributed by atoms with Gasteiger partial charge in [-0.05, 0) is 76.0 Å². The molecule has 0 unspecified atom stereocenters. The minimum atomic E-state index is 0.402. The molecule has 34 heavy (non-hydrogen) atoms. The summed E-state index contributed by atoms with van der Waals surface area (Å²) in [5, 5.41) is 0. The van der Waals surface area contributed by atoms with Gasteiger partial charge in [0, 0.05) is 0 Å². The highest BCUT2D eigenvalue weighted by Gasteiger charge is 2.21. The number of hydrogen-bond acceptors (Lipinski definition) is 0. The fraction of sp³-hybridized carbons (Fsp3) is 0.824. The molecule has 0 heterocycles. The zero-order valence-corrected chi connectivity index (χ0v) is 24.8. The Hall–Kier alpha value is -0.780. The molecular weight excluding hydrogens is 408 g/mol. The van der Waals surface area contributed by atoms with Crippen molar-refractivity contribution in [2.45, 2.75) is 158 Å². The van der Waals surface area contributed by atoms with Gasteiger partial charge < -0.3 is 0 Å². The zero-order valence-electron chi connectivity index (χ0n) is 24.8. The van der Waals surface area contributed by atoms with Crippen molar-refractivity contribution in [3.05, 3.63) is 34.9 Å². The van der Waals surface area contributed by atoms with Crippen molar-refractivity contribution in [2.75, 3.05) is 0 Å². The second kappa shape index (κ2) is 17.6. The van der Waals surface area contributed by atoms with E-state index in [2.05, 4.69) is 73.6 Å². The van der Waals surface area contributed by atoms with E-state index in [-0.39, 0.29) is 0 Å². The molecule has 0 aromatic rings. The first-order valence-electron chi connectivity index (χ1n) is 15.1. The molecule has 0 aromatic carbocycles. The van der Waals surface area contributed by atoms with E-state index < -0.39 is 0 Å². The highest BCUT2D eigenvalue weighted by molar-refractivity contribution is 5.31. The average molecular weight is 471 g/mol. The molecule has 0 N–H and O–H groups in total. The van der Waals surface area contributed by atoms with Crippen molar-refractivity contribution in [3.63, 3.8) is 0 Å². The topological polar surface area (TPSA) is 0 Å². The van der Waals surface area contributed by atoms with Crippen molar-refractivity contribution in [1.29, 1.82) is 0 Å². The van der Waals surface area contributed by atoms with Gasteiger partial charge in [-0.25, -0.2) is 0 Å². The second-order valence-electron chi connectivity index (χ2n) is 12.9. The van der Waals surface area contributed by atoms with Crippen molar-refractivity contribution >= 4 is 0 Å². The van der Waals surface area contributed by atoms with Gasteiger partial charge in [-0.15, -0.1) is 0 Å². The summed E-state index contributed by atoms with van der Waals surface area (Å²) in [7, 11) is 0. The number of hydrogen-bond donors (Lipinski definition) is 0. The molecular formula is C34H62. The van der Waals surface area contributed by atoms with E-state index in [0.717, 1.165) is 17.8 Å². The maximum atomic E-state index is 2.36. The van der Waals surface area contributed by atoms with E-state index in [1.807, 2.05) is 0 Å². The van der Waals surface area contributed by atoms with Crippen LogP contribution in [-0.2, 0) is 0 Å². The Kier molecular flexibility index (Phi) is 16.2.